The molecule has 0 heterocycles. The average Bonchev–Trinajstić information content (AvgIpc) is 2.25. The highest BCUT2D eigenvalue weighted by Gasteiger charge is 2.04. The third kappa shape index (κ3) is 6.98. The van der Waals surface area contributed by atoms with Gasteiger partial charge in [0.1, 0.15) is 5.83 Å². The van der Waals surface area contributed by atoms with E-state index in [1.54, 1.807) is 13.8 Å². The van der Waals surface area contributed by atoms with Crippen molar-refractivity contribution < 1.29 is 13.9 Å². The van der Waals surface area contributed by atoms with Crippen molar-refractivity contribution in [1.82, 2.24) is 0 Å². The predicted octanol–water partition coefficient (Wildman–Crippen LogP) is 1.95. The Morgan fingerprint density at radius 2 is 2.00 bits per heavy atom. The molecule has 0 aromatic carbocycles. The van der Waals surface area contributed by atoms with Crippen LogP contribution in [0.2, 0.25) is 0 Å². The zero-order chi connectivity index (χ0) is 12.6. The summed E-state index contributed by atoms with van der Waals surface area (Å²) < 4.78 is 17.8. The molecule has 0 unspecified atom stereocenters. The fraction of sp³-hybridized carbons (Fsp3) is 0.636. The third-order valence-corrected chi connectivity index (χ3v) is 2.09. The number of amidine groups is 1. The first-order valence-electron chi connectivity index (χ1n) is 5.14. The van der Waals surface area contributed by atoms with E-state index in [4.69, 9.17) is 5.73 Å². The van der Waals surface area contributed by atoms with Crippen LogP contribution >= 0.6 is 0 Å². The van der Waals surface area contributed by atoms with Crippen molar-refractivity contribution >= 4 is 11.8 Å². The minimum absolute atomic E-state index is 0.0214. The van der Waals surface area contributed by atoms with Gasteiger partial charge in [0.2, 0.25) is 0 Å². The molecule has 0 aliphatic carbocycles. The van der Waals surface area contributed by atoms with Crippen molar-refractivity contribution in [3.8, 4) is 0 Å². The fourth-order valence-electron chi connectivity index (χ4n) is 1.06. The maximum atomic E-state index is 13.4. The maximum Gasteiger partial charge on any atom is 0.305 e. The average molecular weight is 230 g/mol. The normalized spacial score (nSPS) is 13.4. The monoisotopic (exact) mass is 230 g/mol. The number of nitrogens with two attached hydrogens (primary N) is 1. The number of ether oxygens (including phenoxy) is 1. The standard InChI is InChI=1S/C11H19FN2O2/c1-8(5-4-6-11(15)16-3)10(12)7-14-9(2)13/h4-7H2,1-3H3,(H2,13,14)/b10-8+. The highest BCUT2D eigenvalue weighted by Crippen LogP contribution is 2.13. The Balaban J connectivity index is 4.02. The fourth-order valence-corrected chi connectivity index (χ4v) is 1.06. The number of esters is 1. The summed E-state index contributed by atoms with van der Waals surface area (Å²) in [5.74, 6) is -0.198. The van der Waals surface area contributed by atoms with Crippen molar-refractivity contribution in [2.75, 3.05) is 13.7 Å². The van der Waals surface area contributed by atoms with E-state index in [-0.39, 0.29) is 18.3 Å². The topological polar surface area (TPSA) is 64.7 Å². The molecule has 0 spiro atoms. The van der Waals surface area contributed by atoms with E-state index >= 15 is 0 Å². The van der Waals surface area contributed by atoms with Gasteiger partial charge in [-0.25, -0.2) is 4.39 Å². The van der Waals surface area contributed by atoms with Gasteiger partial charge >= 0.3 is 5.97 Å². The summed E-state index contributed by atoms with van der Waals surface area (Å²) in [7, 11) is 1.34. The molecule has 0 fully saturated rings. The molecule has 0 aliphatic rings. The third-order valence-electron chi connectivity index (χ3n) is 2.09. The second kappa shape index (κ2) is 7.84. The van der Waals surface area contributed by atoms with E-state index < -0.39 is 0 Å². The van der Waals surface area contributed by atoms with Crippen molar-refractivity contribution in [3.63, 3.8) is 0 Å². The summed E-state index contributed by atoms with van der Waals surface area (Å²) in [5.41, 5.74) is 5.90. The Morgan fingerprint density at radius 3 is 2.50 bits per heavy atom. The summed E-state index contributed by atoms with van der Waals surface area (Å²) in [6, 6.07) is 0. The molecule has 0 radical (unpaired) electrons. The van der Waals surface area contributed by atoms with E-state index in [2.05, 4.69) is 9.73 Å². The Hall–Kier alpha value is -1.39. The van der Waals surface area contributed by atoms with Gasteiger partial charge in [-0.1, -0.05) is 0 Å². The minimum Gasteiger partial charge on any atom is -0.469 e. The Bertz CT molecular complexity index is 294. The van der Waals surface area contributed by atoms with Gasteiger partial charge in [-0.3, -0.25) is 9.79 Å². The van der Waals surface area contributed by atoms with Gasteiger partial charge in [0.25, 0.3) is 0 Å². The number of hydrogen-bond donors (Lipinski definition) is 1. The molecule has 0 rings (SSSR count). The number of methoxy groups -OCH3 is 1. The second-order valence-corrected chi connectivity index (χ2v) is 3.57. The lowest BCUT2D eigenvalue weighted by Crippen LogP contribution is -2.06. The lowest BCUT2D eigenvalue weighted by atomic mass is 10.1. The smallest absolute Gasteiger partial charge is 0.305 e. The molecular formula is C11H19FN2O2. The van der Waals surface area contributed by atoms with Gasteiger partial charge in [-0.2, -0.15) is 0 Å². The zero-order valence-corrected chi connectivity index (χ0v) is 10.0. The number of rotatable bonds is 6. The Kier molecular flexibility index (Phi) is 7.16. The van der Waals surface area contributed by atoms with Gasteiger partial charge in [0, 0.05) is 6.42 Å². The molecule has 0 bridgehead atoms. The van der Waals surface area contributed by atoms with Crippen molar-refractivity contribution in [3.05, 3.63) is 11.4 Å². The van der Waals surface area contributed by atoms with Crippen LogP contribution in [0.1, 0.15) is 33.1 Å². The van der Waals surface area contributed by atoms with E-state index in [0.29, 0.717) is 30.7 Å². The summed E-state index contributed by atoms with van der Waals surface area (Å²) in [4.78, 5) is 14.6. The van der Waals surface area contributed by atoms with E-state index in [0.717, 1.165) is 0 Å². The second-order valence-electron chi connectivity index (χ2n) is 3.57. The van der Waals surface area contributed by atoms with Crippen molar-refractivity contribution in [2.45, 2.75) is 33.1 Å². The molecule has 0 saturated carbocycles. The molecular weight excluding hydrogens is 211 g/mol. The maximum absolute atomic E-state index is 13.4. The first kappa shape index (κ1) is 14.6. The van der Waals surface area contributed by atoms with Crippen molar-refractivity contribution in [1.29, 1.82) is 0 Å². The molecule has 0 amide bonds. The van der Waals surface area contributed by atoms with E-state index in [1.165, 1.54) is 7.11 Å². The highest BCUT2D eigenvalue weighted by atomic mass is 19.1. The molecule has 0 atom stereocenters. The molecule has 0 saturated heterocycles. The summed E-state index contributed by atoms with van der Waals surface area (Å²) in [5, 5.41) is 0. The van der Waals surface area contributed by atoms with Gasteiger partial charge in [-0.15, -0.1) is 0 Å². The van der Waals surface area contributed by atoms with Crippen LogP contribution in [0.25, 0.3) is 0 Å². The summed E-state index contributed by atoms with van der Waals surface area (Å²) in [6.07, 6.45) is 1.41. The first-order valence-corrected chi connectivity index (χ1v) is 5.14. The van der Waals surface area contributed by atoms with Crippen LogP contribution in [-0.2, 0) is 9.53 Å². The highest BCUT2D eigenvalue weighted by molar-refractivity contribution is 5.77. The predicted molar refractivity (Wildman–Crippen MR) is 61.8 cm³/mol. The number of allylic oxidation sites excluding steroid dienone is 1. The van der Waals surface area contributed by atoms with Crippen LogP contribution < -0.4 is 5.73 Å². The van der Waals surface area contributed by atoms with Gasteiger partial charge < -0.3 is 10.5 Å². The summed E-state index contributed by atoms with van der Waals surface area (Å²) in [6.45, 7) is 3.28. The zero-order valence-electron chi connectivity index (χ0n) is 10.0. The largest absolute Gasteiger partial charge is 0.469 e. The Morgan fingerprint density at radius 1 is 1.38 bits per heavy atom. The number of nitrogens with zero attached hydrogens (tertiary/aromatic N) is 1. The van der Waals surface area contributed by atoms with Gasteiger partial charge in [0.15, 0.2) is 0 Å². The summed E-state index contributed by atoms with van der Waals surface area (Å²) >= 11 is 0. The van der Waals surface area contributed by atoms with Crippen LogP contribution in [0.15, 0.2) is 16.4 Å². The van der Waals surface area contributed by atoms with Crippen LogP contribution in [0.5, 0.6) is 0 Å². The van der Waals surface area contributed by atoms with E-state index in [1.807, 2.05) is 0 Å². The lowest BCUT2D eigenvalue weighted by molar-refractivity contribution is -0.140. The van der Waals surface area contributed by atoms with Crippen LogP contribution in [0.3, 0.4) is 0 Å². The van der Waals surface area contributed by atoms with Gasteiger partial charge in [0.05, 0.1) is 19.5 Å². The SMILES string of the molecule is COC(=O)CCC/C(C)=C(/F)CN=C(C)N. The lowest BCUT2D eigenvalue weighted by Gasteiger charge is -2.03. The van der Waals surface area contributed by atoms with Crippen LogP contribution in [-0.4, -0.2) is 25.5 Å². The number of carbonyl (C=O) groups excluding carboxylic acids is 1. The van der Waals surface area contributed by atoms with Crippen molar-refractivity contribution in [2.24, 2.45) is 10.7 Å². The van der Waals surface area contributed by atoms with Gasteiger partial charge in [-0.05, 0) is 32.3 Å². The van der Waals surface area contributed by atoms with Crippen LogP contribution in [0, 0.1) is 0 Å². The number of carbonyl (C=O) groups is 1. The molecule has 92 valence electrons. The molecule has 0 aromatic rings. The molecule has 0 aliphatic heterocycles. The molecule has 16 heavy (non-hydrogen) atoms. The molecule has 0 aromatic heterocycles. The number of hydrogen-bond acceptors (Lipinski definition) is 3. The van der Waals surface area contributed by atoms with E-state index in [9.17, 15) is 9.18 Å². The quantitative estimate of drug-likeness (QED) is 0.431. The molecule has 5 heteroatoms. The first-order chi connectivity index (χ1) is 7.47. The Labute approximate surface area is 95.4 Å². The molecule has 4 nitrogen and oxygen atoms in total. The molecule has 2 N–H and O–H groups in total. The minimum atomic E-state index is -0.283. The van der Waals surface area contributed by atoms with Crippen LogP contribution in [0.4, 0.5) is 4.39 Å². The number of halogens is 1. The number of aliphatic imine (C=N–C) groups is 1.